The fourth-order valence-electron chi connectivity index (χ4n) is 1.87. The summed E-state index contributed by atoms with van der Waals surface area (Å²) in [4.78, 5) is 17.5. The normalized spacial score (nSPS) is 11.9. The number of ether oxygens (including phenoxy) is 1. The molecule has 4 nitrogen and oxygen atoms in total. The maximum Gasteiger partial charge on any atom is 0.328 e. The summed E-state index contributed by atoms with van der Waals surface area (Å²) in [6.45, 7) is 3.98. The molecule has 0 spiro atoms. The largest absolute Gasteiger partial charge is 0.467 e. The molecule has 20 heavy (non-hydrogen) atoms. The SMILES string of the molecule is COC(=O)C(Cc1ccccc1)Nc1nc(C)c(C)s1. The van der Waals surface area contributed by atoms with Crippen LogP contribution < -0.4 is 5.32 Å². The lowest BCUT2D eigenvalue weighted by molar-refractivity contribution is -0.141. The molecule has 0 aliphatic rings. The van der Waals surface area contributed by atoms with Crippen LogP contribution in [-0.4, -0.2) is 24.1 Å². The van der Waals surface area contributed by atoms with Crippen molar-refractivity contribution in [2.45, 2.75) is 26.3 Å². The highest BCUT2D eigenvalue weighted by atomic mass is 32.1. The van der Waals surface area contributed by atoms with Gasteiger partial charge in [0.05, 0.1) is 12.8 Å². The number of hydrogen-bond donors (Lipinski definition) is 1. The van der Waals surface area contributed by atoms with E-state index in [4.69, 9.17) is 4.74 Å². The first-order chi connectivity index (χ1) is 9.60. The number of carbonyl (C=O) groups excluding carboxylic acids is 1. The summed E-state index contributed by atoms with van der Waals surface area (Å²) >= 11 is 1.55. The van der Waals surface area contributed by atoms with Crippen molar-refractivity contribution in [2.24, 2.45) is 0 Å². The quantitative estimate of drug-likeness (QED) is 0.860. The van der Waals surface area contributed by atoms with Gasteiger partial charge in [-0.2, -0.15) is 0 Å². The van der Waals surface area contributed by atoms with E-state index in [1.165, 1.54) is 7.11 Å². The topological polar surface area (TPSA) is 51.2 Å². The number of hydrogen-bond acceptors (Lipinski definition) is 5. The van der Waals surface area contributed by atoms with Gasteiger partial charge >= 0.3 is 5.97 Å². The van der Waals surface area contributed by atoms with Crippen molar-refractivity contribution < 1.29 is 9.53 Å². The molecule has 0 radical (unpaired) electrons. The van der Waals surface area contributed by atoms with Gasteiger partial charge < -0.3 is 10.1 Å². The van der Waals surface area contributed by atoms with Crippen LogP contribution in [0.2, 0.25) is 0 Å². The Labute approximate surface area is 122 Å². The van der Waals surface area contributed by atoms with Crippen LogP contribution in [0.5, 0.6) is 0 Å². The van der Waals surface area contributed by atoms with E-state index in [0.717, 1.165) is 21.3 Å². The minimum absolute atomic E-state index is 0.278. The molecule has 2 aromatic rings. The zero-order valence-electron chi connectivity index (χ0n) is 11.8. The monoisotopic (exact) mass is 290 g/mol. The fourth-order valence-corrected chi connectivity index (χ4v) is 2.74. The van der Waals surface area contributed by atoms with Crippen LogP contribution in [0.4, 0.5) is 5.13 Å². The van der Waals surface area contributed by atoms with Crippen LogP contribution >= 0.6 is 11.3 Å². The number of anilines is 1. The van der Waals surface area contributed by atoms with E-state index in [2.05, 4.69) is 10.3 Å². The van der Waals surface area contributed by atoms with Gasteiger partial charge in [0, 0.05) is 11.3 Å². The third kappa shape index (κ3) is 3.57. The first-order valence-electron chi connectivity index (χ1n) is 6.42. The molecular weight excluding hydrogens is 272 g/mol. The van der Waals surface area contributed by atoms with Crippen LogP contribution in [0, 0.1) is 13.8 Å². The Morgan fingerprint density at radius 3 is 2.60 bits per heavy atom. The second-order valence-corrected chi connectivity index (χ2v) is 5.77. The number of benzene rings is 1. The van der Waals surface area contributed by atoms with Gasteiger partial charge in [0.25, 0.3) is 0 Å². The third-order valence-electron chi connectivity index (χ3n) is 3.09. The highest BCUT2D eigenvalue weighted by molar-refractivity contribution is 7.15. The Kier molecular flexibility index (Phi) is 4.74. The van der Waals surface area contributed by atoms with Gasteiger partial charge in [-0.05, 0) is 19.4 Å². The summed E-state index contributed by atoms with van der Waals surface area (Å²) in [7, 11) is 1.40. The van der Waals surface area contributed by atoms with Crippen molar-refractivity contribution in [3.05, 3.63) is 46.5 Å². The molecule has 106 valence electrons. The molecule has 0 saturated carbocycles. The zero-order chi connectivity index (χ0) is 14.5. The maximum absolute atomic E-state index is 11.9. The smallest absolute Gasteiger partial charge is 0.328 e. The van der Waals surface area contributed by atoms with Gasteiger partial charge in [-0.15, -0.1) is 11.3 Å². The molecule has 2 rings (SSSR count). The number of nitrogens with zero attached hydrogens (tertiary/aromatic N) is 1. The molecule has 1 aromatic carbocycles. The lowest BCUT2D eigenvalue weighted by atomic mass is 10.1. The molecule has 1 unspecified atom stereocenters. The first kappa shape index (κ1) is 14.5. The van der Waals surface area contributed by atoms with E-state index in [1.807, 2.05) is 44.2 Å². The predicted octanol–water partition coefficient (Wildman–Crippen LogP) is 2.96. The fraction of sp³-hybridized carbons (Fsp3) is 0.333. The van der Waals surface area contributed by atoms with Crippen molar-refractivity contribution in [3.63, 3.8) is 0 Å². The first-order valence-corrected chi connectivity index (χ1v) is 7.24. The second-order valence-electron chi connectivity index (χ2n) is 4.57. The molecular formula is C15H18N2O2S. The Balaban J connectivity index is 2.13. The van der Waals surface area contributed by atoms with Gasteiger partial charge in [-0.3, -0.25) is 0 Å². The minimum atomic E-state index is -0.424. The number of aryl methyl sites for hydroxylation is 2. The van der Waals surface area contributed by atoms with Gasteiger partial charge in [0.1, 0.15) is 6.04 Å². The van der Waals surface area contributed by atoms with E-state index in [9.17, 15) is 4.79 Å². The van der Waals surface area contributed by atoms with E-state index >= 15 is 0 Å². The Morgan fingerprint density at radius 1 is 1.35 bits per heavy atom. The van der Waals surface area contributed by atoms with Crippen molar-refractivity contribution in [2.75, 3.05) is 12.4 Å². The van der Waals surface area contributed by atoms with Crippen LogP contribution in [0.25, 0.3) is 0 Å². The summed E-state index contributed by atoms with van der Waals surface area (Å²) in [5.41, 5.74) is 2.07. The van der Waals surface area contributed by atoms with Crippen LogP contribution in [0.3, 0.4) is 0 Å². The maximum atomic E-state index is 11.9. The molecule has 0 aliphatic heterocycles. The number of esters is 1. The summed E-state index contributed by atoms with van der Waals surface area (Å²) in [5, 5.41) is 3.93. The molecule has 0 saturated heterocycles. The number of nitrogens with one attached hydrogen (secondary N) is 1. The molecule has 1 aromatic heterocycles. The highest BCUT2D eigenvalue weighted by Gasteiger charge is 2.21. The average molecular weight is 290 g/mol. The lowest BCUT2D eigenvalue weighted by Gasteiger charge is -2.15. The second kappa shape index (κ2) is 6.52. The van der Waals surface area contributed by atoms with Crippen molar-refractivity contribution in [1.29, 1.82) is 0 Å². The van der Waals surface area contributed by atoms with E-state index in [1.54, 1.807) is 11.3 Å². The van der Waals surface area contributed by atoms with Gasteiger partial charge in [0.2, 0.25) is 0 Å². The van der Waals surface area contributed by atoms with Crippen LogP contribution in [0.1, 0.15) is 16.1 Å². The van der Waals surface area contributed by atoms with Crippen LogP contribution in [0.15, 0.2) is 30.3 Å². The summed E-state index contributed by atoms with van der Waals surface area (Å²) in [5.74, 6) is -0.278. The van der Waals surface area contributed by atoms with Gasteiger partial charge in [0.15, 0.2) is 5.13 Å². The molecule has 0 fully saturated rings. The number of carbonyl (C=O) groups is 1. The van der Waals surface area contributed by atoms with E-state index in [-0.39, 0.29) is 5.97 Å². The Bertz CT molecular complexity index is 561. The van der Waals surface area contributed by atoms with Gasteiger partial charge in [-0.1, -0.05) is 30.3 Å². The molecule has 1 atom stereocenters. The van der Waals surface area contributed by atoms with Crippen molar-refractivity contribution in [3.8, 4) is 0 Å². The molecule has 0 bridgehead atoms. The van der Waals surface area contributed by atoms with Crippen molar-refractivity contribution >= 4 is 22.4 Å². The van der Waals surface area contributed by atoms with Crippen LogP contribution in [-0.2, 0) is 16.0 Å². The van der Waals surface area contributed by atoms with E-state index < -0.39 is 6.04 Å². The minimum Gasteiger partial charge on any atom is -0.467 e. The molecule has 1 N–H and O–H groups in total. The van der Waals surface area contributed by atoms with Crippen molar-refractivity contribution in [1.82, 2.24) is 4.98 Å². The molecule has 0 amide bonds. The zero-order valence-corrected chi connectivity index (χ0v) is 12.7. The highest BCUT2D eigenvalue weighted by Crippen LogP contribution is 2.22. The van der Waals surface area contributed by atoms with Gasteiger partial charge in [-0.25, -0.2) is 9.78 Å². The van der Waals surface area contributed by atoms with E-state index in [0.29, 0.717) is 6.42 Å². The third-order valence-corrected chi connectivity index (χ3v) is 4.10. The summed E-state index contributed by atoms with van der Waals surface area (Å²) < 4.78 is 4.87. The molecule has 5 heteroatoms. The average Bonchev–Trinajstić information content (AvgIpc) is 2.77. The molecule has 1 heterocycles. The summed E-state index contributed by atoms with van der Waals surface area (Å²) in [6.07, 6.45) is 0.575. The predicted molar refractivity (Wildman–Crippen MR) is 81.2 cm³/mol. The number of aromatic nitrogens is 1. The Morgan fingerprint density at radius 2 is 2.05 bits per heavy atom. The lowest BCUT2D eigenvalue weighted by Crippen LogP contribution is -2.32. The molecule has 0 aliphatic carbocycles. The number of rotatable bonds is 5. The number of thiazole rings is 1. The summed E-state index contributed by atoms with van der Waals surface area (Å²) in [6, 6.07) is 9.44. The Hall–Kier alpha value is -1.88. The number of methoxy groups -OCH3 is 1. The standard InChI is InChI=1S/C15H18N2O2S/c1-10-11(2)20-15(16-10)17-13(14(18)19-3)9-12-7-5-4-6-8-12/h4-8,13H,9H2,1-3H3,(H,16,17).